The van der Waals surface area contributed by atoms with E-state index in [1.807, 2.05) is 13.8 Å². The predicted octanol–water partition coefficient (Wildman–Crippen LogP) is 0.697. The molecule has 6 heteroatoms. The first-order valence-electron chi connectivity index (χ1n) is 6.91. The zero-order valence-corrected chi connectivity index (χ0v) is 12.2. The Morgan fingerprint density at radius 3 is 2.57 bits per heavy atom. The van der Waals surface area contributed by atoms with E-state index in [-0.39, 0.29) is 23.8 Å². The van der Waals surface area contributed by atoms with Gasteiger partial charge in [-0.1, -0.05) is 26.3 Å². The molecule has 21 heavy (non-hydrogen) atoms. The molecule has 0 unspecified atom stereocenters. The second-order valence-electron chi connectivity index (χ2n) is 5.19. The quantitative estimate of drug-likeness (QED) is 0.437. The molecule has 1 amide bonds. The molecule has 3 atom stereocenters. The van der Waals surface area contributed by atoms with E-state index in [2.05, 4.69) is 5.32 Å². The molecule has 0 aromatic heterocycles. The molecule has 5 N–H and O–H groups in total. The highest BCUT2D eigenvalue weighted by atomic mass is 16.3. The molecule has 0 bridgehead atoms. The fourth-order valence-corrected chi connectivity index (χ4v) is 1.88. The average molecular weight is 294 g/mol. The van der Waals surface area contributed by atoms with E-state index in [1.165, 1.54) is 12.1 Å². The summed E-state index contributed by atoms with van der Waals surface area (Å²) < 4.78 is 0. The van der Waals surface area contributed by atoms with Crippen molar-refractivity contribution in [2.45, 2.75) is 38.8 Å². The van der Waals surface area contributed by atoms with Gasteiger partial charge in [0.1, 0.15) is 6.29 Å². The Balaban J connectivity index is 2.65. The zero-order valence-electron chi connectivity index (χ0n) is 12.2. The van der Waals surface area contributed by atoms with Crippen LogP contribution in [-0.2, 0) is 16.0 Å². The number of carbonyl (C=O) groups is 2. The maximum atomic E-state index is 12.0. The van der Waals surface area contributed by atoms with Crippen LogP contribution in [0.2, 0.25) is 0 Å². The summed E-state index contributed by atoms with van der Waals surface area (Å²) in [4.78, 5) is 23.0. The van der Waals surface area contributed by atoms with Crippen LogP contribution in [0.5, 0.6) is 11.5 Å². The van der Waals surface area contributed by atoms with Crippen LogP contribution < -0.4 is 11.1 Å². The minimum absolute atomic E-state index is 0.0383. The molecule has 1 rings (SSSR count). The van der Waals surface area contributed by atoms with Gasteiger partial charge in [0.25, 0.3) is 0 Å². The molecule has 1 aromatic rings. The third-order valence-electron chi connectivity index (χ3n) is 3.54. The lowest BCUT2D eigenvalue weighted by Gasteiger charge is -2.21. The molecule has 0 heterocycles. The molecule has 0 aliphatic heterocycles. The lowest BCUT2D eigenvalue weighted by atomic mass is 9.99. The SMILES string of the molecule is CC[C@H](C)[C@@H](C=O)NC(=O)[C@@H](N)Cc1ccc(O)c(O)c1. The highest BCUT2D eigenvalue weighted by molar-refractivity contribution is 5.84. The van der Waals surface area contributed by atoms with E-state index in [9.17, 15) is 19.8 Å². The van der Waals surface area contributed by atoms with Crippen LogP contribution in [0.3, 0.4) is 0 Å². The zero-order chi connectivity index (χ0) is 16.0. The Bertz CT molecular complexity index is 504. The van der Waals surface area contributed by atoms with Crippen LogP contribution >= 0.6 is 0 Å². The molecule has 0 saturated heterocycles. The van der Waals surface area contributed by atoms with E-state index in [4.69, 9.17) is 5.73 Å². The van der Waals surface area contributed by atoms with Gasteiger partial charge in [0.15, 0.2) is 11.5 Å². The summed E-state index contributed by atoms with van der Waals surface area (Å²) in [5, 5.41) is 21.2. The molecule has 1 aromatic carbocycles. The van der Waals surface area contributed by atoms with Crippen molar-refractivity contribution in [3.05, 3.63) is 23.8 Å². The van der Waals surface area contributed by atoms with Crippen molar-refractivity contribution < 1.29 is 19.8 Å². The smallest absolute Gasteiger partial charge is 0.237 e. The van der Waals surface area contributed by atoms with E-state index in [0.29, 0.717) is 11.8 Å². The Morgan fingerprint density at radius 1 is 1.38 bits per heavy atom. The van der Waals surface area contributed by atoms with Gasteiger partial charge in [0, 0.05) is 0 Å². The molecular formula is C15H22N2O4. The van der Waals surface area contributed by atoms with Crippen molar-refractivity contribution in [2.24, 2.45) is 11.7 Å². The normalized spacial score (nSPS) is 15.0. The number of aromatic hydroxyl groups is 2. The Hall–Kier alpha value is -2.08. The van der Waals surface area contributed by atoms with E-state index >= 15 is 0 Å². The monoisotopic (exact) mass is 294 g/mol. The predicted molar refractivity (Wildman–Crippen MR) is 78.9 cm³/mol. The number of nitrogens with one attached hydrogen (secondary N) is 1. The first-order valence-corrected chi connectivity index (χ1v) is 6.91. The van der Waals surface area contributed by atoms with Crippen LogP contribution in [0.4, 0.5) is 0 Å². The molecule has 0 aliphatic carbocycles. The number of hydrogen-bond acceptors (Lipinski definition) is 5. The first-order chi connectivity index (χ1) is 9.88. The topological polar surface area (TPSA) is 113 Å². The van der Waals surface area contributed by atoms with Crippen molar-refractivity contribution in [3.63, 3.8) is 0 Å². The summed E-state index contributed by atoms with van der Waals surface area (Å²) in [7, 11) is 0. The Morgan fingerprint density at radius 2 is 2.05 bits per heavy atom. The number of phenols is 2. The van der Waals surface area contributed by atoms with Crippen molar-refractivity contribution in [1.29, 1.82) is 0 Å². The number of carbonyl (C=O) groups excluding carboxylic acids is 2. The largest absolute Gasteiger partial charge is 0.504 e. The van der Waals surface area contributed by atoms with Crippen molar-refractivity contribution in [1.82, 2.24) is 5.32 Å². The molecule has 0 radical (unpaired) electrons. The summed E-state index contributed by atoms with van der Waals surface area (Å²) >= 11 is 0. The molecule has 6 nitrogen and oxygen atoms in total. The second kappa shape index (κ2) is 7.64. The number of rotatable bonds is 7. The number of amides is 1. The van der Waals surface area contributed by atoms with Gasteiger partial charge in [-0.2, -0.15) is 0 Å². The minimum atomic E-state index is -0.833. The second-order valence-corrected chi connectivity index (χ2v) is 5.19. The van der Waals surface area contributed by atoms with Crippen LogP contribution in [-0.4, -0.2) is 34.5 Å². The number of phenolic OH excluding ortho intramolecular Hbond substituents is 2. The van der Waals surface area contributed by atoms with E-state index in [1.54, 1.807) is 6.07 Å². The average Bonchev–Trinajstić information content (AvgIpc) is 2.47. The fourth-order valence-electron chi connectivity index (χ4n) is 1.88. The first kappa shape index (κ1) is 17.0. The summed E-state index contributed by atoms with van der Waals surface area (Å²) in [6, 6.07) is 2.88. The highest BCUT2D eigenvalue weighted by Crippen LogP contribution is 2.25. The summed E-state index contributed by atoms with van der Waals surface area (Å²) in [5.41, 5.74) is 6.43. The summed E-state index contributed by atoms with van der Waals surface area (Å²) in [6.45, 7) is 3.81. The van der Waals surface area contributed by atoms with Crippen LogP contribution in [0, 0.1) is 5.92 Å². The van der Waals surface area contributed by atoms with Gasteiger partial charge in [-0.15, -0.1) is 0 Å². The van der Waals surface area contributed by atoms with Crippen molar-refractivity contribution in [3.8, 4) is 11.5 Å². The van der Waals surface area contributed by atoms with Gasteiger partial charge in [-0.3, -0.25) is 4.79 Å². The van der Waals surface area contributed by atoms with Crippen LogP contribution in [0.1, 0.15) is 25.8 Å². The lowest BCUT2D eigenvalue weighted by Crippen LogP contribution is -2.49. The van der Waals surface area contributed by atoms with Gasteiger partial charge in [-0.25, -0.2) is 0 Å². The third kappa shape index (κ3) is 4.75. The highest BCUT2D eigenvalue weighted by Gasteiger charge is 2.21. The molecular weight excluding hydrogens is 272 g/mol. The standard InChI is InChI=1S/C15H22N2O4/c1-3-9(2)12(8-18)17-15(21)11(16)6-10-4-5-13(19)14(20)7-10/h4-5,7-9,11-12,19-20H,3,6,16H2,1-2H3,(H,17,21)/t9-,11-,12+/m0/s1. The Kier molecular flexibility index (Phi) is 6.17. The van der Waals surface area contributed by atoms with Gasteiger partial charge in [-0.05, 0) is 30.0 Å². The minimum Gasteiger partial charge on any atom is -0.504 e. The summed E-state index contributed by atoms with van der Waals surface area (Å²) in [5.74, 6) is -0.864. The van der Waals surface area contributed by atoms with Gasteiger partial charge >= 0.3 is 0 Å². The maximum absolute atomic E-state index is 12.0. The molecule has 0 aliphatic rings. The molecule has 116 valence electrons. The fraction of sp³-hybridized carbons (Fsp3) is 0.467. The maximum Gasteiger partial charge on any atom is 0.237 e. The number of hydrogen-bond donors (Lipinski definition) is 4. The van der Waals surface area contributed by atoms with E-state index < -0.39 is 18.0 Å². The molecule has 0 fully saturated rings. The number of nitrogens with two attached hydrogens (primary N) is 1. The van der Waals surface area contributed by atoms with Crippen molar-refractivity contribution >= 4 is 12.2 Å². The van der Waals surface area contributed by atoms with Gasteiger partial charge < -0.3 is 26.1 Å². The molecule has 0 spiro atoms. The molecule has 0 saturated carbocycles. The third-order valence-corrected chi connectivity index (χ3v) is 3.54. The van der Waals surface area contributed by atoms with Crippen LogP contribution in [0.25, 0.3) is 0 Å². The Labute approximate surface area is 124 Å². The number of benzene rings is 1. The van der Waals surface area contributed by atoms with Crippen LogP contribution in [0.15, 0.2) is 18.2 Å². The van der Waals surface area contributed by atoms with E-state index in [0.717, 1.165) is 6.42 Å². The number of aldehydes is 1. The van der Waals surface area contributed by atoms with Crippen molar-refractivity contribution in [2.75, 3.05) is 0 Å². The van der Waals surface area contributed by atoms with Gasteiger partial charge in [0.05, 0.1) is 12.1 Å². The summed E-state index contributed by atoms with van der Waals surface area (Å²) in [6.07, 6.45) is 1.68. The van der Waals surface area contributed by atoms with Gasteiger partial charge in [0.2, 0.25) is 5.91 Å². The lowest BCUT2D eigenvalue weighted by molar-refractivity contribution is -0.125.